The molecule has 0 aromatic carbocycles. The molecule has 110 valence electrons. The van der Waals surface area contributed by atoms with Crippen molar-refractivity contribution in [3.05, 3.63) is 18.0 Å². The number of carbonyl (C=O) groups excluding carboxylic acids is 1. The molecule has 6 nitrogen and oxygen atoms in total. The van der Waals surface area contributed by atoms with Gasteiger partial charge in [-0.1, -0.05) is 6.92 Å². The number of aromatic nitrogens is 1. The van der Waals surface area contributed by atoms with Gasteiger partial charge in [-0.15, -0.1) is 0 Å². The van der Waals surface area contributed by atoms with Gasteiger partial charge in [-0.2, -0.15) is 0 Å². The predicted octanol–water partition coefficient (Wildman–Crippen LogP) is 0.856. The summed E-state index contributed by atoms with van der Waals surface area (Å²) in [4.78, 5) is 12.2. The molecule has 1 amide bonds. The number of nitrogens with zero attached hydrogens (tertiary/aromatic N) is 1. The Morgan fingerprint density at radius 3 is 2.65 bits per heavy atom. The van der Waals surface area contributed by atoms with E-state index in [1.54, 1.807) is 4.57 Å². The van der Waals surface area contributed by atoms with Crippen molar-refractivity contribution >= 4 is 15.9 Å². The van der Waals surface area contributed by atoms with E-state index in [0.29, 0.717) is 24.1 Å². The SMILES string of the molecule is CC1CC1CNC(=O)c1cc(S(N)(=O)=O)cn1C1CC1. The van der Waals surface area contributed by atoms with Crippen molar-refractivity contribution in [3.63, 3.8) is 0 Å². The van der Waals surface area contributed by atoms with Gasteiger partial charge in [0.05, 0.1) is 0 Å². The van der Waals surface area contributed by atoms with Crippen molar-refractivity contribution in [2.45, 2.75) is 37.1 Å². The summed E-state index contributed by atoms with van der Waals surface area (Å²) in [6.45, 7) is 2.81. The fraction of sp³-hybridized carbons (Fsp3) is 0.615. The zero-order chi connectivity index (χ0) is 14.5. The second kappa shape index (κ2) is 4.60. The molecule has 2 atom stereocenters. The largest absolute Gasteiger partial charge is 0.350 e. The molecule has 3 rings (SSSR count). The van der Waals surface area contributed by atoms with E-state index in [-0.39, 0.29) is 16.8 Å². The molecule has 0 aliphatic heterocycles. The molecule has 20 heavy (non-hydrogen) atoms. The first-order chi connectivity index (χ1) is 9.36. The maximum atomic E-state index is 12.2. The van der Waals surface area contributed by atoms with Crippen LogP contribution in [0.2, 0.25) is 0 Å². The highest BCUT2D eigenvalue weighted by Gasteiger charge is 2.34. The topological polar surface area (TPSA) is 94.2 Å². The van der Waals surface area contributed by atoms with Crippen LogP contribution in [0.4, 0.5) is 0 Å². The molecule has 7 heteroatoms. The first-order valence-corrected chi connectivity index (χ1v) is 8.44. The van der Waals surface area contributed by atoms with Crippen molar-refractivity contribution in [2.24, 2.45) is 17.0 Å². The minimum absolute atomic E-state index is 0.00865. The van der Waals surface area contributed by atoms with Crippen LogP contribution < -0.4 is 10.5 Å². The first kappa shape index (κ1) is 13.6. The Morgan fingerprint density at radius 1 is 1.50 bits per heavy atom. The zero-order valence-corrected chi connectivity index (χ0v) is 12.2. The summed E-state index contributed by atoms with van der Waals surface area (Å²) < 4.78 is 24.6. The highest BCUT2D eigenvalue weighted by atomic mass is 32.2. The van der Waals surface area contributed by atoms with Gasteiger partial charge in [0.1, 0.15) is 10.6 Å². The molecular weight excluding hydrogens is 278 g/mol. The maximum Gasteiger partial charge on any atom is 0.267 e. The first-order valence-electron chi connectivity index (χ1n) is 6.89. The van der Waals surface area contributed by atoms with Crippen LogP contribution in [-0.4, -0.2) is 25.4 Å². The second-order valence-electron chi connectivity index (χ2n) is 5.93. The number of primary sulfonamides is 1. The number of carbonyl (C=O) groups is 1. The molecular formula is C13H19N3O3S. The van der Waals surface area contributed by atoms with Crippen LogP contribution in [0, 0.1) is 11.8 Å². The molecule has 2 aliphatic carbocycles. The van der Waals surface area contributed by atoms with Gasteiger partial charge < -0.3 is 9.88 Å². The van der Waals surface area contributed by atoms with Gasteiger partial charge in [-0.05, 0) is 37.2 Å². The number of amides is 1. The van der Waals surface area contributed by atoms with Crippen molar-refractivity contribution in [1.82, 2.24) is 9.88 Å². The Kier molecular flexibility index (Phi) is 3.13. The third-order valence-corrected chi connectivity index (χ3v) is 5.01. The van der Waals surface area contributed by atoms with Crippen LogP contribution in [0.15, 0.2) is 17.2 Å². The molecule has 1 heterocycles. The van der Waals surface area contributed by atoms with Crippen molar-refractivity contribution in [3.8, 4) is 0 Å². The molecule has 0 radical (unpaired) electrons. The quantitative estimate of drug-likeness (QED) is 0.843. The maximum absolute atomic E-state index is 12.2. The van der Waals surface area contributed by atoms with E-state index in [2.05, 4.69) is 12.2 Å². The molecule has 2 saturated carbocycles. The molecule has 0 bridgehead atoms. The van der Waals surface area contributed by atoms with Crippen LogP contribution >= 0.6 is 0 Å². The van der Waals surface area contributed by atoms with Crippen LogP contribution in [0.5, 0.6) is 0 Å². The standard InChI is InChI=1S/C13H19N3O3S/c1-8-4-9(8)6-15-13(17)12-5-11(20(14,18)19)7-16(12)10-2-3-10/h5,7-10H,2-4,6H2,1H3,(H,15,17)(H2,14,18,19). The Balaban J connectivity index is 1.79. The number of hydrogen-bond donors (Lipinski definition) is 2. The van der Waals surface area contributed by atoms with Gasteiger partial charge in [0.15, 0.2) is 0 Å². The molecule has 2 fully saturated rings. The van der Waals surface area contributed by atoms with Gasteiger partial charge in [0.2, 0.25) is 10.0 Å². The highest BCUT2D eigenvalue weighted by Crippen LogP contribution is 2.38. The lowest BCUT2D eigenvalue weighted by atomic mass is 10.3. The van der Waals surface area contributed by atoms with E-state index in [1.165, 1.54) is 12.3 Å². The van der Waals surface area contributed by atoms with Crippen LogP contribution in [0.1, 0.15) is 42.7 Å². The monoisotopic (exact) mass is 297 g/mol. The summed E-state index contributed by atoms with van der Waals surface area (Å²) in [6, 6.07) is 1.60. The molecule has 1 aromatic rings. The zero-order valence-electron chi connectivity index (χ0n) is 11.4. The van der Waals surface area contributed by atoms with E-state index in [4.69, 9.17) is 5.14 Å². The fourth-order valence-electron chi connectivity index (χ4n) is 2.44. The van der Waals surface area contributed by atoms with E-state index in [1.807, 2.05) is 0 Å². The number of hydrogen-bond acceptors (Lipinski definition) is 3. The summed E-state index contributed by atoms with van der Waals surface area (Å²) >= 11 is 0. The lowest BCUT2D eigenvalue weighted by molar-refractivity contribution is 0.0942. The number of nitrogens with two attached hydrogens (primary N) is 1. The Labute approximate surface area is 118 Å². The molecule has 3 N–H and O–H groups in total. The normalized spacial score (nSPS) is 25.5. The fourth-order valence-corrected chi connectivity index (χ4v) is 2.98. The van der Waals surface area contributed by atoms with Crippen LogP contribution in [0.3, 0.4) is 0 Å². The summed E-state index contributed by atoms with van der Waals surface area (Å²) in [5.41, 5.74) is 0.393. The Hall–Kier alpha value is -1.34. The third kappa shape index (κ3) is 2.73. The smallest absolute Gasteiger partial charge is 0.267 e. The number of sulfonamides is 1. The van der Waals surface area contributed by atoms with Gasteiger partial charge in [0.25, 0.3) is 5.91 Å². The van der Waals surface area contributed by atoms with Crippen LogP contribution in [0.25, 0.3) is 0 Å². The van der Waals surface area contributed by atoms with E-state index < -0.39 is 10.0 Å². The van der Waals surface area contributed by atoms with E-state index in [9.17, 15) is 13.2 Å². The molecule has 2 aliphatic rings. The minimum Gasteiger partial charge on any atom is -0.350 e. The molecule has 0 spiro atoms. The van der Waals surface area contributed by atoms with Crippen molar-refractivity contribution in [2.75, 3.05) is 6.54 Å². The summed E-state index contributed by atoms with van der Waals surface area (Å²) in [5, 5.41) is 8.02. The van der Waals surface area contributed by atoms with Crippen LogP contribution in [-0.2, 0) is 10.0 Å². The molecule has 2 unspecified atom stereocenters. The van der Waals surface area contributed by atoms with Gasteiger partial charge in [-0.25, -0.2) is 13.6 Å². The van der Waals surface area contributed by atoms with Gasteiger partial charge in [-0.3, -0.25) is 4.79 Å². The molecule has 0 saturated heterocycles. The van der Waals surface area contributed by atoms with Crippen molar-refractivity contribution in [1.29, 1.82) is 0 Å². The number of nitrogens with one attached hydrogen (secondary N) is 1. The Bertz CT molecular complexity index is 646. The summed E-state index contributed by atoms with van der Waals surface area (Å²) in [5.74, 6) is 1.01. The minimum atomic E-state index is -3.77. The Morgan fingerprint density at radius 2 is 2.15 bits per heavy atom. The average Bonchev–Trinajstić information content (AvgIpc) is 3.26. The summed E-state index contributed by atoms with van der Waals surface area (Å²) in [7, 11) is -3.77. The highest BCUT2D eigenvalue weighted by molar-refractivity contribution is 7.89. The third-order valence-electron chi connectivity index (χ3n) is 4.13. The lowest BCUT2D eigenvalue weighted by Gasteiger charge is -2.08. The van der Waals surface area contributed by atoms with Crippen molar-refractivity contribution < 1.29 is 13.2 Å². The van der Waals surface area contributed by atoms with E-state index >= 15 is 0 Å². The average molecular weight is 297 g/mol. The molecule has 1 aromatic heterocycles. The number of rotatable bonds is 5. The lowest BCUT2D eigenvalue weighted by Crippen LogP contribution is -2.27. The van der Waals surface area contributed by atoms with E-state index in [0.717, 1.165) is 19.3 Å². The predicted molar refractivity (Wildman–Crippen MR) is 73.7 cm³/mol. The van der Waals surface area contributed by atoms with Gasteiger partial charge >= 0.3 is 0 Å². The van der Waals surface area contributed by atoms with Gasteiger partial charge in [0, 0.05) is 18.8 Å². The second-order valence-corrected chi connectivity index (χ2v) is 7.49. The summed E-state index contributed by atoms with van der Waals surface area (Å²) in [6.07, 6.45) is 4.56.